The Labute approximate surface area is 138 Å². The van der Waals surface area contributed by atoms with Crippen molar-refractivity contribution in [2.75, 3.05) is 12.4 Å². The molecular weight excluding hydrogens is 377 g/mol. The number of carbonyl (C=O) groups excluding carboxylic acids is 1. The Morgan fingerprint density at radius 2 is 1.86 bits per heavy atom. The first kappa shape index (κ1) is 15.8. The fraction of sp³-hybridized carbons (Fsp3) is 0.235. The third kappa shape index (κ3) is 3.75. The lowest BCUT2D eigenvalue weighted by Gasteiger charge is -2.18. The van der Waals surface area contributed by atoms with Crippen molar-refractivity contribution in [3.05, 3.63) is 62.7 Å². The quantitative estimate of drug-likeness (QED) is 0.610. The van der Waals surface area contributed by atoms with Gasteiger partial charge in [-0.05, 0) is 71.8 Å². The van der Waals surface area contributed by atoms with E-state index in [9.17, 15) is 4.79 Å². The van der Waals surface area contributed by atoms with Crippen molar-refractivity contribution >= 4 is 34.2 Å². The van der Waals surface area contributed by atoms with Gasteiger partial charge in [0.15, 0.2) is 0 Å². The normalized spacial score (nSPS) is 11.8. The molecule has 21 heavy (non-hydrogen) atoms. The number of hydrogen-bond acceptors (Lipinski definition) is 3. The van der Waals surface area contributed by atoms with Crippen LogP contribution in [0.3, 0.4) is 0 Å². The van der Waals surface area contributed by atoms with E-state index in [0.29, 0.717) is 5.56 Å². The number of halogens is 1. The summed E-state index contributed by atoms with van der Waals surface area (Å²) in [4.78, 5) is 11.7. The first-order chi connectivity index (χ1) is 10.0. The molecule has 0 fully saturated rings. The smallest absolute Gasteiger partial charge is 0.338 e. The topological polar surface area (TPSA) is 38.3 Å². The van der Waals surface area contributed by atoms with E-state index in [-0.39, 0.29) is 12.0 Å². The molecule has 2 rings (SSSR count). The van der Waals surface area contributed by atoms with Crippen LogP contribution < -0.4 is 5.32 Å². The molecule has 0 aliphatic carbocycles. The first-order valence-corrected chi connectivity index (χ1v) is 7.80. The Bertz CT molecular complexity index is 638. The predicted molar refractivity (Wildman–Crippen MR) is 93.7 cm³/mol. The fourth-order valence-corrected chi connectivity index (χ4v) is 2.55. The highest BCUT2D eigenvalue weighted by atomic mass is 127. The standard InChI is InChI=1S/C17H18INO2/c1-11-15(17(20)21-3)5-4-6-16(11)19-12(2)13-7-9-14(18)10-8-13/h4-10,12,19H,1-3H3. The van der Waals surface area contributed by atoms with Crippen molar-refractivity contribution < 1.29 is 9.53 Å². The number of nitrogens with one attached hydrogen (secondary N) is 1. The molecule has 2 aromatic carbocycles. The summed E-state index contributed by atoms with van der Waals surface area (Å²) < 4.78 is 6.02. The second-order valence-electron chi connectivity index (χ2n) is 4.89. The minimum Gasteiger partial charge on any atom is -0.465 e. The van der Waals surface area contributed by atoms with Gasteiger partial charge in [-0.2, -0.15) is 0 Å². The highest BCUT2D eigenvalue weighted by Gasteiger charge is 2.13. The lowest BCUT2D eigenvalue weighted by molar-refractivity contribution is 0.0600. The van der Waals surface area contributed by atoms with Crippen LogP contribution in [0.1, 0.15) is 34.5 Å². The van der Waals surface area contributed by atoms with E-state index in [4.69, 9.17) is 4.74 Å². The van der Waals surface area contributed by atoms with Crippen LogP contribution in [0.25, 0.3) is 0 Å². The van der Waals surface area contributed by atoms with Gasteiger partial charge in [-0.1, -0.05) is 18.2 Å². The molecule has 0 bridgehead atoms. The van der Waals surface area contributed by atoms with Crippen LogP contribution in [0.5, 0.6) is 0 Å². The van der Waals surface area contributed by atoms with Crippen LogP contribution >= 0.6 is 22.6 Å². The number of hydrogen-bond donors (Lipinski definition) is 1. The van der Waals surface area contributed by atoms with Gasteiger partial charge in [-0.3, -0.25) is 0 Å². The maximum absolute atomic E-state index is 11.7. The van der Waals surface area contributed by atoms with Gasteiger partial charge in [0.25, 0.3) is 0 Å². The maximum atomic E-state index is 11.7. The monoisotopic (exact) mass is 395 g/mol. The Morgan fingerprint density at radius 1 is 1.19 bits per heavy atom. The molecule has 0 heterocycles. The molecule has 0 spiro atoms. The maximum Gasteiger partial charge on any atom is 0.338 e. The van der Waals surface area contributed by atoms with Crippen LogP contribution in [0.2, 0.25) is 0 Å². The molecule has 0 radical (unpaired) electrons. The van der Waals surface area contributed by atoms with E-state index in [0.717, 1.165) is 11.3 Å². The summed E-state index contributed by atoms with van der Waals surface area (Å²) in [5.41, 5.74) is 3.65. The van der Waals surface area contributed by atoms with Crippen molar-refractivity contribution in [2.45, 2.75) is 19.9 Å². The number of ether oxygens (including phenoxy) is 1. The predicted octanol–water partition coefficient (Wildman–Crippen LogP) is 4.56. The second kappa shape index (κ2) is 6.93. The van der Waals surface area contributed by atoms with Crippen LogP contribution in [-0.4, -0.2) is 13.1 Å². The van der Waals surface area contributed by atoms with Gasteiger partial charge >= 0.3 is 5.97 Å². The van der Waals surface area contributed by atoms with Gasteiger partial charge in [0.05, 0.1) is 12.7 Å². The largest absolute Gasteiger partial charge is 0.465 e. The van der Waals surface area contributed by atoms with Crippen molar-refractivity contribution in [1.82, 2.24) is 0 Å². The molecule has 0 aliphatic rings. The molecule has 1 N–H and O–H groups in total. The summed E-state index contributed by atoms with van der Waals surface area (Å²) >= 11 is 2.29. The van der Waals surface area contributed by atoms with Crippen molar-refractivity contribution in [3.8, 4) is 0 Å². The molecular formula is C17H18INO2. The highest BCUT2D eigenvalue weighted by molar-refractivity contribution is 14.1. The first-order valence-electron chi connectivity index (χ1n) is 6.73. The number of rotatable bonds is 4. The zero-order valence-electron chi connectivity index (χ0n) is 12.3. The highest BCUT2D eigenvalue weighted by Crippen LogP contribution is 2.25. The molecule has 1 atom stereocenters. The summed E-state index contributed by atoms with van der Waals surface area (Å²) in [6, 6.07) is 14.2. The van der Waals surface area contributed by atoms with Gasteiger partial charge in [-0.15, -0.1) is 0 Å². The minimum atomic E-state index is -0.307. The van der Waals surface area contributed by atoms with Crippen LogP contribution in [0, 0.1) is 10.5 Å². The number of benzene rings is 2. The van der Waals surface area contributed by atoms with Crippen LogP contribution in [0.15, 0.2) is 42.5 Å². The number of anilines is 1. The lowest BCUT2D eigenvalue weighted by atomic mass is 10.0. The van der Waals surface area contributed by atoms with Gasteiger partial charge in [0, 0.05) is 15.3 Å². The molecule has 0 amide bonds. The SMILES string of the molecule is COC(=O)c1cccc(NC(C)c2ccc(I)cc2)c1C. The van der Waals surface area contributed by atoms with E-state index in [2.05, 4.69) is 59.1 Å². The Hall–Kier alpha value is -1.56. The van der Waals surface area contributed by atoms with Crippen molar-refractivity contribution in [1.29, 1.82) is 0 Å². The van der Waals surface area contributed by atoms with Crippen LogP contribution in [0.4, 0.5) is 5.69 Å². The summed E-state index contributed by atoms with van der Waals surface area (Å²) in [6.45, 7) is 4.03. The number of carbonyl (C=O) groups is 1. The third-order valence-corrected chi connectivity index (χ3v) is 4.20. The Balaban J connectivity index is 2.23. The average molecular weight is 395 g/mol. The molecule has 3 nitrogen and oxygen atoms in total. The van der Waals surface area contributed by atoms with Gasteiger partial charge in [-0.25, -0.2) is 4.79 Å². The van der Waals surface area contributed by atoms with Gasteiger partial charge in [0.1, 0.15) is 0 Å². The summed E-state index contributed by atoms with van der Waals surface area (Å²) in [5, 5.41) is 3.46. The van der Waals surface area contributed by atoms with E-state index >= 15 is 0 Å². The molecule has 2 aromatic rings. The van der Waals surface area contributed by atoms with Crippen molar-refractivity contribution in [3.63, 3.8) is 0 Å². The zero-order chi connectivity index (χ0) is 15.4. The zero-order valence-corrected chi connectivity index (χ0v) is 14.5. The van der Waals surface area contributed by atoms with E-state index < -0.39 is 0 Å². The Morgan fingerprint density at radius 3 is 2.48 bits per heavy atom. The lowest BCUT2D eigenvalue weighted by Crippen LogP contribution is -2.10. The van der Waals surface area contributed by atoms with E-state index in [1.807, 2.05) is 19.1 Å². The average Bonchev–Trinajstić information content (AvgIpc) is 2.49. The summed E-state index contributed by atoms with van der Waals surface area (Å²) in [6.07, 6.45) is 0. The summed E-state index contributed by atoms with van der Waals surface area (Å²) in [7, 11) is 1.40. The molecule has 0 saturated carbocycles. The molecule has 0 aromatic heterocycles. The second-order valence-corrected chi connectivity index (χ2v) is 6.13. The molecule has 0 aliphatic heterocycles. The summed E-state index contributed by atoms with van der Waals surface area (Å²) in [5.74, 6) is -0.307. The Kier molecular flexibility index (Phi) is 5.22. The van der Waals surface area contributed by atoms with Crippen molar-refractivity contribution in [2.24, 2.45) is 0 Å². The molecule has 0 saturated heterocycles. The minimum absolute atomic E-state index is 0.161. The van der Waals surface area contributed by atoms with E-state index in [1.165, 1.54) is 16.2 Å². The van der Waals surface area contributed by atoms with Gasteiger partial charge < -0.3 is 10.1 Å². The molecule has 110 valence electrons. The number of methoxy groups -OCH3 is 1. The molecule has 4 heteroatoms. The van der Waals surface area contributed by atoms with Gasteiger partial charge in [0.2, 0.25) is 0 Å². The molecule has 1 unspecified atom stereocenters. The fourth-order valence-electron chi connectivity index (χ4n) is 2.19. The third-order valence-electron chi connectivity index (χ3n) is 3.48. The van der Waals surface area contributed by atoms with Crippen LogP contribution in [-0.2, 0) is 4.74 Å². The number of esters is 1. The van der Waals surface area contributed by atoms with E-state index in [1.54, 1.807) is 6.07 Å².